The second-order valence-corrected chi connectivity index (χ2v) is 7.89. The van der Waals surface area contributed by atoms with Crippen LogP contribution < -0.4 is 10.1 Å². The van der Waals surface area contributed by atoms with Crippen LogP contribution in [0.15, 0.2) is 30.9 Å². The molecule has 0 fully saturated rings. The minimum atomic E-state index is -0.320. The van der Waals surface area contributed by atoms with Crippen molar-refractivity contribution in [3.05, 3.63) is 51.9 Å². The number of amides is 1. The Morgan fingerprint density at radius 1 is 1.32 bits per heavy atom. The van der Waals surface area contributed by atoms with Crippen LogP contribution in [0.4, 0.5) is 5.00 Å². The molecule has 0 radical (unpaired) electrons. The molecule has 0 spiro atoms. The van der Waals surface area contributed by atoms with Gasteiger partial charge in [-0.1, -0.05) is 11.6 Å². The smallest absolute Gasteiger partial charge is 0.262 e. The fourth-order valence-electron chi connectivity index (χ4n) is 3.22. The van der Waals surface area contributed by atoms with E-state index in [1.807, 2.05) is 0 Å². The maximum atomic E-state index is 12.4. The quantitative estimate of drug-likeness (QED) is 0.687. The van der Waals surface area contributed by atoms with E-state index in [4.69, 9.17) is 16.3 Å². The van der Waals surface area contributed by atoms with E-state index in [1.54, 1.807) is 22.8 Å². The Bertz CT molecular complexity index is 1060. The number of ether oxygens (including phenoxy) is 1. The highest BCUT2D eigenvalue weighted by molar-refractivity contribution is 7.16. The third-order valence-corrected chi connectivity index (χ3v) is 5.96. The maximum Gasteiger partial charge on any atom is 0.262 e. The van der Waals surface area contributed by atoms with Gasteiger partial charge < -0.3 is 10.1 Å². The van der Waals surface area contributed by atoms with Gasteiger partial charge in [0.15, 0.2) is 6.61 Å². The molecule has 2 heterocycles. The van der Waals surface area contributed by atoms with Crippen LogP contribution >= 0.6 is 22.9 Å². The first-order chi connectivity index (χ1) is 13.7. The molecule has 0 saturated heterocycles. The number of benzene rings is 1. The lowest BCUT2D eigenvalue weighted by atomic mass is 9.96. The number of hydrogen-bond donors (Lipinski definition) is 1. The molecule has 1 amide bonds. The highest BCUT2D eigenvalue weighted by Gasteiger charge is 2.22. The molecule has 3 aromatic rings. The van der Waals surface area contributed by atoms with Gasteiger partial charge in [-0.3, -0.25) is 9.36 Å². The minimum Gasteiger partial charge on any atom is -0.482 e. The number of aryl methyl sites for hydroxylation is 1. The third-order valence-electron chi connectivity index (χ3n) is 4.51. The van der Waals surface area contributed by atoms with Crippen LogP contribution in [-0.4, -0.2) is 27.3 Å². The molecule has 1 aliphatic carbocycles. The van der Waals surface area contributed by atoms with E-state index in [1.165, 1.54) is 28.9 Å². The zero-order valence-corrected chi connectivity index (χ0v) is 16.4. The lowest BCUT2D eigenvalue weighted by Gasteiger charge is -2.12. The van der Waals surface area contributed by atoms with Crippen LogP contribution in [0.1, 0.15) is 28.8 Å². The molecule has 0 bridgehead atoms. The molecule has 0 atom stereocenters. The Balaban J connectivity index is 1.48. The maximum absolute atomic E-state index is 12.4. The Morgan fingerprint density at radius 2 is 2.11 bits per heavy atom. The van der Waals surface area contributed by atoms with E-state index < -0.39 is 0 Å². The molecule has 142 valence electrons. The zero-order chi connectivity index (χ0) is 19.5. The van der Waals surface area contributed by atoms with Crippen LogP contribution in [-0.2, 0) is 17.6 Å². The summed E-state index contributed by atoms with van der Waals surface area (Å²) in [5, 5.41) is 21.0. The normalized spacial score (nSPS) is 12.9. The van der Waals surface area contributed by atoms with Gasteiger partial charge in [0.1, 0.15) is 29.5 Å². The van der Waals surface area contributed by atoms with Gasteiger partial charge in [-0.15, -0.1) is 21.5 Å². The summed E-state index contributed by atoms with van der Waals surface area (Å²) in [6.07, 6.45) is 7.11. The number of anilines is 1. The molecule has 7 nitrogen and oxygen atoms in total. The van der Waals surface area contributed by atoms with Gasteiger partial charge in [0.25, 0.3) is 5.91 Å². The topological polar surface area (TPSA) is 92.8 Å². The fraction of sp³-hybridized carbons (Fsp3) is 0.263. The molecule has 2 aromatic heterocycles. The van der Waals surface area contributed by atoms with Crippen LogP contribution in [0.3, 0.4) is 0 Å². The average Bonchev–Trinajstić information content (AvgIpc) is 3.34. The number of carbonyl (C=O) groups is 1. The first-order valence-corrected chi connectivity index (χ1v) is 9.97. The van der Waals surface area contributed by atoms with Crippen molar-refractivity contribution in [3.63, 3.8) is 0 Å². The van der Waals surface area contributed by atoms with Gasteiger partial charge in [-0.25, -0.2) is 0 Å². The summed E-state index contributed by atoms with van der Waals surface area (Å²) in [5.74, 6) is 0.157. The number of aromatic nitrogens is 3. The molecule has 0 unspecified atom stereocenters. The van der Waals surface area contributed by atoms with Crippen molar-refractivity contribution in [3.8, 4) is 17.5 Å². The standard InChI is InChI=1S/C19H16ClN5O2S/c20-12-5-6-16(15(7-12)25-10-22-23-11-25)27-9-18(26)24-19-14(8-21)13-3-1-2-4-17(13)28-19/h5-7,10-11H,1-4,9H2,(H,24,26). The van der Waals surface area contributed by atoms with E-state index in [9.17, 15) is 10.1 Å². The molecule has 0 saturated carbocycles. The van der Waals surface area contributed by atoms with Crippen LogP contribution in [0.2, 0.25) is 5.02 Å². The fourth-order valence-corrected chi connectivity index (χ4v) is 4.64. The average molecular weight is 414 g/mol. The van der Waals surface area contributed by atoms with E-state index in [0.29, 0.717) is 27.0 Å². The predicted molar refractivity (Wildman–Crippen MR) is 106 cm³/mol. The Morgan fingerprint density at radius 3 is 2.89 bits per heavy atom. The van der Waals surface area contributed by atoms with Crippen molar-refractivity contribution in [2.75, 3.05) is 11.9 Å². The van der Waals surface area contributed by atoms with Gasteiger partial charge >= 0.3 is 0 Å². The molecule has 1 aliphatic rings. The van der Waals surface area contributed by atoms with Crippen LogP contribution in [0.5, 0.6) is 5.75 Å². The molecule has 1 aromatic carbocycles. The van der Waals surface area contributed by atoms with Gasteiger partial charge in [-0.2, -0.15) is 5.26 Å². The van der Waals surface area contributed by atoms with Gasteiger partial charge in [-0.05, 0) is 49.4 Å². The van der Waals surface area contributed by atoms with Crippen molar-refractivity contribution in [2.24, 2.45) is 0 Å². The second-order valence-electron chi connectivity index (χ2n) is 6.34. The number of carbonyl (C=O) groups excluding carboxylic acids is 1. The van der Waals surface area contributed by atoms with Crippen molar-refractivity contribution in [1.82, 2.24) is 14.8 Å². The number of thiophene rings is 1. The molecule has 28 heavy (non-hydrogen) atoms. The molecule has 1 N–H and O–H groups in total. The van der Waals surface area contributed by atoms with Gasteiger partial charge in [0.05, 0.1) is 11.3 Å². The lowest BCUT2D eigenvalue weighted by molar-refractivity contribution is -0.118. The Labute approximate surface area is 170 Å². The number of nitriles is 1. The van der Waals surface area contributed by atoms with Gasteiger partial charge in [0, 0.05) is 9.90 Å². The second kappa shape index (κ2) is 8.00. The molecule has 0 aliphatic heterocycles. The highest BCUT2D eigenvalue weighted by atomic mass is 35.5. The summed E-state index contributed by atoms with van der Waals surface area (Å²) in [4.78, 5) is 13.6. The molecule has 4 rings (SSSR count). The van der Waals surface area contributed by atoms with E-state index in [0.717, 1.165) is 31.2 Å². The lowest BCUT2D eigenvalue weighted by Crippen LogP contribution is -2.20. The molecular formula is C19H16ClN5O2S. The number of fused-ring (bicyclic) bond motifs is 1. The summed E-state index contributed by atoms with van der Waals surface area (Å²) >= 11 is 7.56. The van der Waals surface area contributed by atoms with E-state index in [-0.39, 0.29) is 12.5 Å². The first-order valence-electron chi connectivity index (χ1n) is 8.77. The summed E-state index contributed by atoms with van der Waals surface area (Å²) in [7, 11) is 0. The summed E-state index contributed by atoms with van der Waals surface area (Å²) in [6.45, 7) is -0.190. The number of rotatable bonds is 5. The van der Waals surface area contributed by atoms with E-state index in [2.05, 4.69) is 21.6 Å². The molecular weight excluding hydrogens is 398 g/mol. The van der Waals surface area contributed by atoms with Gasteiger partial charge in [0.2, 0.25) is 0 Å². The number of halogens is 1. The monoisotopic (exact) mass is 413 g/mol. The third kappa shape index (κ3) is 3.72. The SMILES string of the molecule is N#Cc1c(NC(=O)COc2ccc(Cl)cc2-n2cnnc2)sc2c1CCCC2. The zero-order valence-electron chi connectivity index (χ0n) is 14.8. The van der Waals surface area contributed by atoms with Crippen molar-refractivity contribution in [1.29, 1.82) is 5.26 Å². The van der Waals surface area contributed by atoms with Crippen molar-refractivity contribution < 1.29 is 9.53 Å². The predicted octanol–water partition coefficient (Wildman–Crippen LogP) is 3.75. The summed E-state index contributed by atoms with van der Waals surface area (Å²) < 4.78 is 7.35. The Hall–Kier alpha value is -2.89. The van der Waals surface area contributed by atoms with Crippen molar-refractivity contribution in [2.45, 2.75) is 25.7 Å². The first kappa shape index (κ1) is 18.5. The number of hydrogen-bond acceptors (Lipinski definition) is 6. The van der Waals surface area contributed by atoms with E-state index >= 15 is 0 Å². The molecule has 9 heteroatoms. The minimum absolute atomic E-state index is 0.190. The number of nitrogens with zero attached hydrogens (tertiary/aromatic N) is 4. The van der Waals surface area contributed by atoms with Crippen molar-refractivity contribution >= 4 is 33.8 Å². The van der Waals surface area contributed by atoms with Crippen LogP contribution in [0, 0.1) is 11.3 Å². The highest BCUT2D eigenvalue weighted by Crippen LogP contribution is 2.37. The van der Waals surface area contributed by atoms with Crippen LogP contribution in [0.25, 0.3) is 5.69 Å². The summed E-state index contributed by atoms with van der Waals surface area (Å²) in [6, 6.07) is 7.32. The Kier molecular flexibility index (Phi) is 5.28. The summed E-state index contributed by atoms with van der Waals surface area (Å²) in [5.41, 5.74) is 2.31. The number of nitrogens with one attached hydrogen (secondary N) is 1. The largest absolute Gasteiger partial charge is 0.482 e.